The molecule has 0 aromatic rings. The molecule has 0 spiro atoms. The average Bonchev–Trinajstić information content (AvgIpc) is 2.14. The average molecular weight is 215 g/mol. The minimum absolute atomic E-state index is 0.133. The van der Waals surface area contributed by atoms with E-state index in [0.29, 0.717) is 25.6 Å². The van der Waals surface area contributed by atoms with E-state index in [1.54, 1.807) is 0 Å². The molecule has 1 atom stereocenters. The molecule has 1 aliphatic rings. The Morgan fingerprint density at radius 1 is 1.53 bits per heavy atom. The maximum absolute atomic E-state index is 10.8. The van der Waals surface area contributed by atoms with E-state index in [1.807, 2.05) is 20.8 Å². The first kappa shape index (κ1) is 12.3. The third-order valence-corrected chi connectivity index (χ3v) is 2.54. The summed E-state index contributed by atoms with van der Waals surface area (Å²) in [5, 5.41) is 8.87. The SMILES string of the molecule is CC(C)(C)OCC1CCCN(C(=O)O)C1. The monoisotopic (exact) mass is 215 g/mol. The summed E-state index contributed by atoms with van der Waals surface area (Å²) < 4.78 is 5.68. The van der Waals surface area contributed by atoms with E-state index in [2.05, 4.69) is 0 Å². The van der Waals surface area contributed by atoms with Crippen molar-refractivity contribution in [2.24, 2.45) is 5.92 Å². The maximum Gasteiger partial charge on any atom is 0.407 e. The number of rotatable bonds is 2. The van der Waals surface area contributed by atoms with Gasteiger partial charge in [-0.15, -0.1) is 0 Å². The molecule has 1 unspecified atom stereocenters. The van der Waals surface area contributed by atoms with Gasteiger partial charge in [-0.05, 0) is 33.6 Å². The standard InChI is InChI=1S/C11H21NO3/c1-11(2,3)15-8-9-5-4-6-12(7-9)10(13)14/h9H,4-8H2,1-3H3,(H,13,14). The molecule has 0 aromatic carbocycles. The van der Waals surface area contributed by atoms with Crippen molar-refractivity contribution >= 4 is 6.09 Å². The van der Waals surface area contributed by atoms with Gasteiger partial charge in [-0.2, -0.15) is 0 Å². The second-order valence-electron chi connectivity index (χ2n) is 5.16. The summed E-state index contributed by atoms with van der Waals surface area (Å²) in [6, 6.07) is 0. The Morgan fingerprint density at radius 3 is 2.73 bits per heavy atom. The summed E-state index contributed by atoms with van der Waals surface area (Å²) in [5.74, 6) is 0.356. The van der Waals surface area contributed by atoms with Crippen LogP contribution in [0.5, 0.6) is 0 Å². The lowest BCUT2D eigenvalue weighted by molar-refractivity contribution is -0.0330. The molecule has 0 aliphatic carbocycles. The smallest absolute Gasteiger partial charge is 0.407 e. The number of ether oxygens (including phenoxy) is 1. The van der Waals surface area contributed by atoms with Crippen molar-refractivity contribution in [3.63, 3.8) is 0 Å². The van der Waals surface area contributed by atoms with E-state index < -0.39 is 6.09 Å². The highest BCUT2D eigenvalue weighted by molar-refractivity contribution is 5.65. The number of carbonyl (C=O) groups is 1. The number of nitrogens with zero attached hydrogens (tertiary/aromatic N) is 1. The zero-order valence-corrected chi connectivity index (χ0v) is 9.82. The highest BCUT2D eigenvalue weighted by Crippen LogP contribution is 2.19. The highest BCUT2D eigenvalue weighted by Gasteiger charge is 2.24. The molecule has 1 fully saturated rings. The predicted octanol–water partition coefficient (Wildman–Crippen LogP) is 2.19. The third-order valence-electron chi connectivity index (χ3n) is 2.54. The summed E-state index contributed by atoms with van der Waals surface area (Å²) in [5.41, 5.74) is -0.133. The lowest BCUT2D eigenvalue weighted by Gasteiger charge is -2.32. The van der Waals surface area contributed by atoms with E-state index in [1.165, 1.54) is 4.90 Å². The van der Waals surface area contributed by atoms with Gasteiger partial charge in [0.15, 0.2) is 0 Å². The molecule has 1 N–H and O–H groups in total. The van der Waals surface area contributed by atoms with Crippen LogP contribution >= 0.6 is 0 Å². The number of hydrogen-bond donors (Lipinski definition) is 1. The van der Waals surface area contributed by atoms with E-state index in [0.717, 1.165) is 12.8 Å². The fourth-order valence-corrected chi connectivity index (χ4v) is 1.74. The van der Waals surface area contributed by atoms with Crippen LogP contribution in [0.25, 0.3) is 0 Å². The number of hydrogen-bond acceptors (Lipinski definition) is 2. The highest BCUT2D eigenvalue weighted by atomic mass is 16.5. The van der Waals surface area contributed by atoms with Crippen molar-refractivity contribution in [2.75, 3.05) is 19.7 Å². The zero-order valence-electron chi connectivity index (χ0n) is 9.82. The van der Waals surface area contributed by atoms with Crippen LogP contribution in [-0.4, -0.2) is 41.4 Å². The van der Waals surface area contributed by atoms with Gasteiger partial charge >= 0.3 is 6.09 Å². The van der Waals surface area contributed by atoms with Crippen molar-refractivity contribution in [1.82, 2.24) is 4.90 Å². The quantitative estimate of drug-likeness (QED) is 0.768. The summed E-state index contributed by atoms with van der Waals surface area (Å²) in [7, 11) is 0. The van der Waals surface area contributed by atoms with E-state index >= 15 is 0 Å². The lowest BCUT2D eigenvalue weighted by Crippen LogP contribution is -2.41. The molecule has 0 radical (unpaired) electrons. The van der Waals surface area contributed by atoms with Crippen LogP contribution in [0, 0.1) is 5.92 Å². The van der Waals surface area contributed by atoms with Gasteiger partial charge < -0.3 is 14.7 Å². The normalized spacial score (nSPS) is 22.9. The number of likely N-dealkylation sites (tertiary alicyclic amines) is 1. The van der Waals surface area contributed by atoms with Gasteiger partial charge in [0, 0.05) is 19.0 Å². The molecule has 88 valence electrons. The van der Waals surface area contributed by atoms with Gasteiger partial charge in [0.05, 0.1) is 12.2 Å². The maximum atomic E-state index is 10.8. The molecule has 15 heavy (non-hydrogen) atoms. The molecule has 0 bridgehead atoms. The number of carboxylic acid groups (broad SMARTS) is 1. The Bertz CT molecular complexity index is 222. The second kappa shape index (κ2) is 4.84. The van der Waals surface area contributed by atoms with Gasteiger partial charge in [0.25, 0.3) is 0 Å². The summed E-state index contributed by atoms with van der Waals surface area (Å²) in [4.78, 5) is 12.3. The van der Waals surface area contributed by atoms with Gasteiger partial charge in [0.1, 0.15) is 0 Å². The van der Waals surface area contributed by atoms with Gasteiger partial charge in [0.2, 0.25) is 0 Å². The third kappa shape index (κ3) is 4.51. The number of piperidine rings is 1. The first-order valence-electron chi connectivity index (χ1n) is 5.50. The minimum atomic E-state index is -0.810. The van der Waals surface area contributed by atoms with E-state index in [4.69, 9.17) is 9.84 Å². The molecule has 0 aromatic heterocycles. The van der Waals surface area contributed by atoms with Crippen molar-refractivity contribution in [1.29, 1.82) is 0 Å². The molecule has 1 heterocycles. The largest absolute Gasteiger partial charge is 0.465 e. The molecule has 1 amide bonds. The molecular weight excluding hydrogens is 194 g/mol. The summed E-state index contributed by atoms with van der Waals surface area (Å²) in [6.07, 6.45) is 1.21. The zero-order chi connectivity index (χ0) is 11.5. The van der Waals surface area contributed by atoms with Crippen LogP contribution in [-0.2, 0) is 4.74 Å². The van der Waals surface area contributed by atoms with Crippen molar-refractivity contribution in [3.8, 4) is 0 Å². The van der Waals surface area contributed by atoms with Crippen LogP contribution in [0.3, 0.4) is 0 Å². The summed E-state index contributed by atoms with van der Waals surface area (Å²) in [6.45, 7) is 8.00. The summed E-state index contributed by atoms with van der Waals surface area (Å²) >= 11 is 0. The van der Waals surface area contributed by atoms with E-state index in [-0.39, 0.29) is 5.60 Å². The van der Waals surface area contributed by atoms with Crippen molar-refractivity contribution in [2.45, 2.75) is 39.2 Å². The first-order valence-corrected chi connectivity index (χ1v) is 5.50. The topological polar surface area (TPSA) is 49.8 Å². The fraction of sp³-hybridized carbons (Fsp3) is 0.909. The van der Waals surface area contributed by atoms with Crippen LogP contribution in [0.4, 0.5) is 4.79 Å². The number of amides is 1. The minimum Gasteiger partial charge on any atom is -0.465 e. The Labute approximate surface area is 91.2 Å². The van der Waals surface area contributed by atoms with Crippen molar-refractivity contribution in [3.05, 3.63) is 0 Å². The molecule has 1 rings (SSSR count). The van der Waals surface area contributed by atoms with Crippen LogP contribution in [0.15, 0.2) is 0 Å². The lowest BCUT2D eigenvalue weighted by atomic mass is 9.99. The molecule has 4 nitrogen and oxygen atoms in total. The molecule has 1 saturated heterocycles. The Kier molecular flexibility index (Phi) is 3.97. The molecular formula is C11H21NO3. The van der Waals surface area contributed by atoms with Crippen LogP contribution in [0.2, 0.25) is 0 Å². The van der Waals surface area contributed by atoms with Crippen LogP contribution < -0.4 is 0 Å². The van der Waals surface area contributed by atoms with Crippen LogP contribution in [0.1, 0.15) is 33.6 Å². The first-order chi connectivity index (χ1) is 6.88. The van der Waals surface area contributed by atoms with Crippen molar-refractivity contribution < 1.29 is 14.6 Å². The Hall–Kier alpha value is -0.770. The molecule has 1 aliphatic heterocycles. The van der Waals surface area contributed by atoms with Gasteiger partial charge in [-0.1, -0.05) is 0 Å². The second-order valence-corrected chi connectivity index (χ2v) is 5.16. The molecule has 4 heteroatoms. The Balaban J connectivity index is 2.34. The van der Waals surface area contributed by atoms with Gasteiger partial charge in [-0.25, -0.2) is 4.79 Å². The molecule has 0 saturated carbocycles. The fourth-order valence-electron chi connectivity index (χ4n) is 1.74. The van der Waals surface area contributed by atoms with E-state index in [9.17, 15) is 4.79 Å². The predicted molar refractivity (Wildman–Crippen MR) is 58.0 cm³/mol. The Morgan fingerprint density at radius 2 is 2.20 bits per heavy atom. The van der Waals surface area contributed by atoms with Gasteiger partial charge in [-0.3, -0.25) is 0 Å².